The SMILES string of the molecule is CCOC(=O)c1cc2c(OC)c(OC)ccc2cc1N. The molecule has 2 rings (SSSR count). The summed E-state index contributed by atoms with van der Waals surface area (Å²) in [6, 6.07) is 7.06. The lowest BCUT2D eigenvalue weighted by Crippen LogP contribution is -2.08. The molecule has 0 saturated carbocycles. The normalized spacial score (nSPS) is 10.3. The van der Waals surface area contributed by atoms with Gasteiger partial charge in [-0.25, -0.2) is 4.79 Å². The molecule has 0 amide bonds. The Morgan fingerprint density at radius 2 is 1.95 bits per heavy atom. The molecule has 0 heterocycles. The van der Waals surface area contributed by atoms with Crippen LogP contribution in [0.2, 0.25) is 0 Å². The van der Waals surface area contributed by atoms with Gasteiger partial charge in [-0.2, -0.15) is 0 Å². The standard InChI is InChI=1S/C15H17NO4/c1-4-20-15(17)11-8-10-9(7-12(11)16)5-6-13(18-2)14(10)19-3/h5-8H,4,16H2,1-3H3. The zero-order valence-electron chi connectivity index (χ0n) is 11.7. The highest BCUT2D eigenvalue weighted by Gasteiger charge is 2.16. The number of esters is 1. The molecule has 0 unspecified atom stereocenters. The highest BCUT2D eigenvalue weighted by atomic mass is 16.5. The van der Waals surface area contributed by atoms with E-state index in [1.165, 1.54) is 0 Å². The van der Waals surface area contributed by atoms with Crippen molar-refractivity contribution in [3.05, 3.63) is 29.8 Å². The molecule has 0 radical (unpaired) electrons. The van der Waals surface area contributed by atoms with Crippen molar-refractivity contribution in [3.63, 3.8) is 0 Å². The first-order chi connectivity index (χ1) is 9.62. The Bertz CT molecular complexity index is 652. The molecule has 0 atom stereocenters. The summed E-state index contributed by atoms with van der Waals surface area (Å²) in [6.07, 6.45) is 0. The third-order valence-electron chi connectivity index (χ3n) is 3.02. The molecule has 0 aliphatic heterocycles. The topological polar surface area (TPSA) is 70.8 Å². The van der Waals surface area contributed by atoms with E-state index in [0.29, 0.717) is 29.4 Å². The summed E-state index contributed by atoms with van der Waals surface area (Å²) in [7, 11) is 3.12. The van der Waals surface area contributed by atoms with E-state index in [2.05, 4.69) is 0 Å². The second-order valence-electron chi connectivity index (χ2n) is 4.18. The monoisotopic (exact) mass is 275 g/mol. The highest BCUT2D eigenvalue weighted by Crippen LogP contribution is 2.37. The van der Waals surface area contributed by atoms with Crippen molar-refractivity contribution in [2.24, 2.45) is 0 Å². The van der Waals surface area contributed by atoms with Crippen LogP contribution in [0.4, 0.5) is 5.69 Å². The molecule has 5 heteroatoms. The average molecular weight is 275 g/mol. The third kappa shape index (κ3) is 2.34. The van der Waals surface area contributed by atoms with Gasteiger partial charge in [-0.1, -0.05) is 6.07 Å². The molecular weight excluding hydrogens is 258 g/mol. The van der Waals surface area contributed by atoms with Crippen LogP contribution in [0.1, 0.15) is 17.3 Å². The van der Waals surface area contributed by atoms with Gasteiger partial charge in [0.05, 0.1) is 26.4 Å². The molecule has 0 bridgehead atoms. The van der Waals surface area contributed by atoms with Crippen LogP contribution in [0.15, 0.2) is 24.3 Å². The van der Waals surface area contributed by atoms with Crippen molar-refractivity contribution in [1.29, 1.82) is 0 Å². The fourth-order valence-electron chi connectivity index (χ4n) is 2.10. The minimum atomic E-state index is -0.447. The van der Waals surface area contributed by atoms with E-state index in [-0.39, 0.29) is 0 Å². The maximum Gasteiger partial charge on any atom is 0.340 e. The largest absolute Gasteiger partial charge is 0.493 e. The molecule has 0 saturated heterocycles. The van der Waals surface area contributed by atoms with Crippen LogP contribution in [-0.4, -0.2) is 26.8 Å². The van der Waals surface area contributed by atoms with Gasteiger partial charge in [-0.15, -0.1) is 0 Å². The van der Waals surface area contributed by atoms with Gasteiger partial charge in [0.1, 0.15) is 0 Å². The number of nitrogen functional groups attached to an aromatic ring is 1. The summed E-state index contributed by atoms with van der Waals surface area (Å²) in [5, 5.41) is 1.62. The zero-order valence-corrected chi connectivity index (χ0v) is 11.7. The van der Waals surface area contributed by atoms with E-state index >= 15 is 0 Å². The van der Waals surface area contributed by atoms with Crippen LogP contribution in [0.3, 0.4) is 0 Å². The second kappa shape index (κ2) is 5.69. The number of methoxy groups -OCH3 is 2. The number of fused-ring (bicyclic) bond motifs is 1. The molecule has 2 N–H and O–H groups in total. The number of carbonyl (C=O) groups excluding carboxylic acids is 1. The van der Waals surface area contributed by atoms with Gasteiger partial charge in [0, 0.05) is 11.1 Å². The molecule has 0 aromatic heterocycles. The molecule has 0 aliphatic rings. The fraction of sp³-hybridized carbons (Fsp3) is 0.267. The minimum absolute atomic E-state index is 0.297. The molecular formula is C15H17NO4. The maximum absolute atomic E-state index is 11.9. The number of rotatable bonds is 4. The van der Waals surface area contributed by atoms with Crippen LogP contribution >= 0.6 is 0 Å². The van der Waals surface area contributed by atoms with Gasteiger partial charge >= 0.3 is 5.97 Å². The van der Waals surface area contributed by atoms with Crippen molar-refractivity contribution < 1.29 is 19.0 Å². The predicted octanol–water partition coefficient (Wildman–Crippen LogP) is 2.62. The lowest BCUT2D eigenvalue weighted by molar-refractivity contribution is 0.0528. The predicted molar refractivity (Wildman–Crippen MR) is 77.4 cm³/mol. The lowest BCUT2D eigenvalue weighted by atomic mass is 10.0. The summed E-state index contributed by atoms with van der Waals surface area (Å²) in [5.41, 5.74) is 6.61. The minimum Gasteiger partial charge on any atom is -0.493 e. The first kappa shape index (κ1) is 14.0. The fourth-order valence-corrected chi connectivity index (χ4v) is 2.10. The van der Waals surface area contributed by atoms with Crippen LogP contribution in [0, 0.1) is 0 Å². The molecule has 106 valence electrons. The Kier molecular flexibility index (Phi) is 3.98. The molecule has 2 aromatic rings. The Morgan fingerprint density at radius 3 is 2.55 bits per heavy atom. The molecule has 0 fully saturated rings. The first-order valence-electron chi connectivity index (χ1n) is 6.23. The summed E-state index contributed by atoms with van der Waals surface area (Å²) < 4.78 is 15.6. The van der Waals surface area contributed by atoms with Gasteiger partial charge < -0.3 is 19.9 Å². The van der Waals surface area contributed by atoms with Crippen molar-refractivity contribution in [1.82, 2.24) is 0 Å². The number of benzene rings is 2. The van der Waals surface area contributed by atoms with Gasteiger partial charge in [0.15, 0.2) is 11.5 Å². The van der Waals surface area contributed by atoms with E-state index in [1.54, 1.807) is 39.3 Å². The highest BCUT2D eigenvalue weighted by molar-refractivity contribution is 6.03. The lowest BCUT2D eigenvalue weighted by Gasteiger charge is -2.13. The zero-order chi connectivity index (χ0) is 14.7. The van der Waals surface area contributed by atoms with Crippen molar-refractivity contribution in [2.75, 3.05) is 26.6 Å². The van der Waals surface area contributed by atoms with Crippen molar-refractivity contribution in [2.45, 2.75) is 6.92 Å². The molecule has 0 aliphatic carbocycles. The Morgan fingerprint density at radius 1 is 1.20 bits per heavy atom. The second-order valence-corrected chi connectivity index (χ2v) is 4.18. The summed E-state index contributed by atoms with van der Waals surface area (Å²) in [6.45, 7) is 2.05. The van der Waals surface area contributed by atoms with Gasteiger partial charge in [-0.3, -0.25) is 0 Å². The molecule has 2 aromatic carbocycles. The van der Waals surface area contributed by atoms with Gasteiger partial charge in [0.25, 0.3) is 0 Å². The Hall–Kier alpha value is -2.43. The number of hydrogen-bond donors (Lipinski definition) is 1. The first-order valence-corrected chi connectivity index (χ1v) is 6.23. The van der Waals surface area contributed by atoms with E-state index < -0.39 is 5.97 Å². The number of anilines is 1. The summed E-state index contributed by atoms with van der Waals surface area (Å²) >= 11 is 0. The third-order valence-corrected chi connectivity index (χ3v) is 3.02. The van der Waals surface area contributed by atoms with E-state index in [9.17, 15) is 4.79 Å². The van der Waals surface area contributed by atoms with E-state index in [4.69, 9.17) is 19.9 Å². The quantitative estimate of drug-likeness (QED) is 0.686. The Labute approximate surface area is 117 Å². The molecule has 5 nitrogen and oxygen atoms in total. The summed E-state index contributed by atoms with van der Waals surface area (Å²) in [4.78, 5) is 11.9. The van der Waals surface area contributed by atoms with E-state index in [1.807, 2.05) is 6.07 Å². The maximum atomic E-state index is 11.9. The Balaban J connectivity index is 2.68. The number of nitrogens with two attached hydrogens (primary N) is 1. The number of hydrogen-bond acceptors (Lipinski definition) is 5. The van der Waals surface area contributed by atoms with Crippen molar-refractivity contribution in [3.8, 4) is 11.5 Å². The number of carbonyl (C=O) groups is 1. The van der Waals surface area contributed by atoms with E-state index in [0.717, 1.165) is 10.8 Å². The summed E-state index contributed by atoms with van der Waals surface area (Å²) in [5.74, 6) is 0.715. The molecule has 20 heavy (non-hydrogen) atoms. The van der Waals surface area contributed by atoms with Gasteiger partial charge in [0.2, 0.25) is 0 Å². The van der Waals surface area contributed by atoms with Crippen LogP contribution in [0.25, 0.3) is 10.8 Å². The number of ether oxygens (including phenoxy) is 3. The van der Waals surface area contributed by atoms with Crippen LogP contribution in [0.5, 0.6) is 11.5 Å². The van der Waals surface area contributed by atoms with Gasteiger partial charge in [-0.05, 0) is 30.5 Å². The average Bonchev–Trinajstić information content (AvgIpc) is 2.45. The van der Waals surface area contributed by atoms with Crippen molar-refractivity contribution >= 4 is 22.4 Å². The molecule has 0 spiro atoms. The van der Waals surface area contributed by atoms with Crippen LogP contribution in [-0.2, 0) is 4.74 Å². The van der Waals surface area contributed by atoms with Crippen LogP contribution < -0.4 is 15.2 Å². The smallest absolute Gasteiger partial charge is 0.340 e.